The molecule has 0 spiro atoms. The highest BCUT2D eigenvalue weighted by atomic mass is 16.5. The molecule has 4 aliphatic carbocycles. The Morgan fingerprint density at radius 1 is 1.00 bits per heavy atom. The molecule has 0 saturated heterocycles. The third-order valence-electron chi connectivity index (χ3n) is 6.66. The van der Waals surface area contributed by atoms with Crippen molar-refractivity contribution >= 4 is 5.69 Å². The van der Waals surface area contributed by atoms with Crippen molar-refractivity contribution < 1.29 is 14.9 Å². The first-order chi connectivity index (χ1) is 13.1. The van der Waals surface area contributed by atoms with Gasteiger partial charge in [0, 0.05) is 5.69 Å². The largest absolute Gasteiger partial charge is 0.493 e. The number of aliphatic hydroxyl groups is 2. The summed E-state index contributed by atoms with van der Waals surface area (Å²) in [6.07, 6.45) is 10.6. The van der Waals surface area contributed by atoms with Crippen LogP contribution in [0.1, 0.15) is 38.5 Å². The van der Waals surface area contributed by atoms with Crippen LogP contribution in [0, 0.1) is 23.7 Å². The second kappa shape index (κ2) is 7.82. The van der Waals surface area contributed by atoms with E-state index in [0.29, 0.717) is 6.61 Å². The average Bonchev–Trinajstić information content (AvgIpc) is 2.67. The molecule has 1 aromatic rings. The van der Waals surface area contributed by atoms with Crippen molar-refractivity contribution in [2.24, 2.45) is 29.4 Å². The molecule has 5 rings (SSSR count). The molecule has 0 amide bonds. The molecule has 0 unspecified atom stereocenters. The second-order valence-electron chi connectivity index (χ2n) is 8.77. The van der Waals surface area contributed by atoms with Crippen LogP contribution < -0.4 is 15.8 Å². The molecular formula is C22H32N2O3. The highest BCUT2D eigenvalue weighted by Crippen LogP contribution is 2.56. The lowest BCUT2D eigenvalue weighted by atomic mass is 9.54. The van der Waals surface area contributed by atoms with Crippen molar-refractivity contribution in [3.8, 4) is 5.75 Å². The Labute approximate surface area is 161 Å². The number of ether oxygens (including phenoxy) is 1. The van der Waals surface area contributed by atoms with Gasteiger partial charge in [0.1, 0.15) is 11.4 Å². The molecule has 5 N–H and O–H groups in total. The number of rotatable bonds is 8. The van der Waals surface area contributed by atoms with Crippen LogP contribution in [0.3, 0.4) is 0 Å². The molecule has 0 radical (unpaired) electrons. The Morgan fingerprint density at radius 3 is 2.15 bits per heavy atom. The lowest BCUT2D eigenvalue weighted by molar-refractivity contribution is 0.0691. The maximum atomic E-state index is 9.25. The number of hydrogen-bond acceptors (Lipinski definition) is 5. The van der Waals surface area contributed by atoms with Gasteiger partial charge in [-0.2, -0.15) is 0 Å². The van der Waals surface area contributed by atoms with E-state index in [1.165, 1.54) is 32.1 Å². The first-order valence-corrected chi connectivity index (χ1v) is 10.3. The summed E-state index contributed by atoms with van der Waals surface area (Å²) in [5, 5.41) is 21.4. The molecule has 0 heterocycles. The van der Waals surface area contributed by atoms with Gasteiger partial charge in [0.25, 0.3) is 0 Å². The van der Waals surface area contributed by atoms with E-state index in [4.69, 9.17) is 10.5 Å². The van der Waals surface area contributed by atoms with Crippen LogP contribution >= 0.6 is 0 Å². The van der Waals surface area contributed by atoms with Crippen molar-refractivity contribution in [3.05, 3.63) is 35.9 Å². The van der Waals surface area contributed by atoms with Gasteiger partial charge in [-0.1, -0.05) is 11.6 Å². The molecule has 5 nitrogen and oxygen atoms in total. The summed E-state index contributed by atoms with van der Waals surface area (Å²) in [5.74, 6) is 4.57. The van der Waals surface area contributed by atoms with Crippen molar-refractivity contribution in [2.75, 3.05) is 25.1 Å². The maximum Gasteiger partial charge on any atom is 0.133 e. The van der Waals surface area contributed by atoms with Gasteiger partial charge in [-0.25, -0.2) is 0 Å². The van der Waals surface area contributed by atoms with Crippen LogP contribution in [0.15, 0.2) is 35.9 Å². The number of aliphatic hydroxyl groups excluding tert-OH is 2. The molecule has 148 valence electrons. The fraction of sp³-hybridized carbons (Fsp3) is 0.636. The molecule has 27 heavy (non-hydrogen) atoms. The lowest BCUT2D eigenvalue weighted by Crippen LogP contribution is -2.54. The molecular weight excluding hydrogens is 340 g/mol. The van der Waals surface area contributed by atoms with E-state index >= 15 is 0 Å². The molecule has 4 aliphatic rings. The van der Waals surface area contributed by atoms with Crippen molar-refractivity contribution in [2.45, 2.75) is 44.2 Å². The minimum absolute atomic E-state index is 0.347. The molecule has 4 fully saturated rings. The summed E-state index contributed by atoms with van der Waals surface area (Å²) in [6.45, 7) is -0.00349. The highest BCUT2D eigenvalue weighted by molar-refractivity contribution is 5.48. The van der Waals surface area contributed by atoms with E-state index in [1.54, 1.807) is 5.57 Å². The average molecular weight is 373 g/mol. The van der Waals surface area contributed by atoms with E-state index in [0.717, 1.165) is 41.5 Å². The van der Waals surface area contributed by atoms with Gasteiger partial charge in [-0.3, -0.25) is 0 Å². The molecule has 4 bridgehead atoms. The van der Waals surface area contributed by atoms with Crippen LogP contribution in [0.25, 0.3) is 0 Å². The SMILES string of the molecule is NC(CO)(CO)Nc1ccc(OCCC=C2C3CC4CC(C3)CC2C4)cc1. The van der Waals surface area contributed by atoms with E-state index in [1.807, 2.05) is 24.3 Å². The highest BCUT2D eigenvalue weighted by Gasteiger charge is 2.44. The number of hydrogen-bond donors (Lipinski definition) is 4. The molecule has 0 aliphatic heterocycles. The molecule has 4 saturated carbocycles. The van der Waals surface area contributed by atoms with Crippen LogP contribution in [0.4, 0.5) is 5.69 Å². The van der Waals surface area contributed by atoms with Crippen LogP contribution in [-0.4, -0.2) is 35.7 Å². The van der Waals surface area contributed by atoms with Gasteiger partial charge in [0.2, 0.25) is 0 Å². The Bertz CT molecular complexity index is 637. The first kappa shape index (κ1) is 18.8. The van der Waals surface area contributed by atoms with E-state index in [9.17, 15) is 10.2 Å². The van der Waals surface area contributed by atoms with E-state index in [-0.39, 0.29) is 13.2 Å². The van der Waals surface area contributed by atoms with Crippen molar-refractivity contribution in [1.29, 1.82) is 0 Å². The molecule has 0 atom stereocenters. The number of benzene rings is 1. The Hall–Kier alpha value is -1.56. The number of nitrogens with two attached hydrogens (primary N) is 1. The fourth-order valence-electron chi connectivity index (χ4n) is 5.52. The summed E-state index contributed by atoms with van der Waals surface area (Å²) >= 11 is 0. The van der Waals surface area contributed by atoms with E-state index in [2.05, 4.69) is 11.4 Å². The Balaban J connectivity index is 1.26. The Kier molecular flexibility index (Phi) is 5.44. The smallest absolute Gasteiger partial charge is 0.133 e. The monoisotopic (exact) mass is 372 g/mol. The first-order valence-electron chi connectivity index (χ1n) is 10.3. The number of allylic oxidation sites excluding steroid dienone is 1. The summed E-state index contributed by atoms with van der Waals surface area (Å²) in [6, 6.07) is 7.46. The number of nitrogens with one attached hydrogen (secondary N) is 1. The zero-order valence-corrected chi connectivity index (χ0v) is 15.9. The summed E-state index contributed by atoms with van der Waals surface area (Å²) in [7, 11) is 0. The minimum atomic E-state index is -1.22. The summed E-state index contributed by atoms with van der Waals surface area (Å²) in [5.41, 5.74) is 7.10. The standard InChI is InChI=1S/C22H32N2O3/c23-22(13-25,14-26)24-19-3-5-20(6-4-19)27-7-1-2-21-17-9-15-8-16(11-17)12-18(21)10-15/h2-6,15-18,24-26H,1,7-14,23H2. The van der Waals surface area contributed by atoms with Gasteiger partial charge in [-0.05, 0) is 86.5 Å². The van der Waals surface area contributed by atoms with Gasteiger partial charge in [0.15, 0.2) is 0 Å². The van der Waals surface area contributed by atoms with Crippen molar-refractivity contribution in [1.82, 2.24) is 0 Å². The van der Waals surface area contributed by atoms with Crippen LogP contribution in [0.2, 0.25) is 0 Å². The van der Waals surface area contributed by atoms with Crippen LogP contribution in [-0.2, 0) is 0 Å². The zero-order chi connectivity index (χ0) is 18.9. The minimum Gasteiger partial charge on any atom is -0.493 e. The van der Waals surface area contributed by atoms with E-state index < -0.39 is 5.66 Å². The van der Waals surface area contributed by atoms with Crippen molar-refractivity contribution in [3.63, 3.8) is 0 Å². The third kappa shape index (κ3) is 4.15. The Morgan fingerprint density at radius 2 is 1.59 bits per heavy atom. The quantitative estimate of drug-likeness (QED) is 0.320. The third-order valence-corrected chi connectivity index (χ3v) is 6.66. The lowest BCUT2D eigenvalue weighted by Gasteiger charge is -2.51. The summed E-state index contributed by atoms with van der Waals surface area (Å²) in [4.78, 5) is 0. The zero-order valence-electron chi connectivity index (χ0n) is 15.9. The van der Waals surface area contributed by atoms with Gasteiger partial charge >= 0.3 is 0 Å². The molecule has 1 aromatic carbocycles. The van der Waals surface area contributed by atoms with Crippen LogP contribution in [0.5, 0.6) is 5.75 Å². The molecule has 0 aromatic heterocycles. The maximum absolute atomic E-state index is 9.25. The fourth-order valence-corrected chi connectivity index (χ4v) is 5.52. The van der Waals surface area contributed by atoms with Gasteiger partial charge in [-0.15, -0.1) is 0 Å². The van der Waals surface area contributed by atoms with Gasteiger partial charge in [0.05, 0.1) is 19.8 Å². The predicted molar refractivity (Wildman–Crippen MR) is 106 cm³/mol. The second-order valence-corrected chi connectivity index (χ2v) is 8.77. The predicted octanol–water partition coefficient (Wildman–Crippen LogP) is 2.89. The topological polar surface area (TPSA) is 87.7 Å². The number of anilines is 1. The van der Waals surface area contributed by atoms with Gasteiger partial charge < -0.3 is 26.0 Å². The summed E-state index contributed by atoms with van der Waals surface area (Å²) < 4.78 is 5.88. The normalized spacial score (nSPS) is 29.1. The molecule has 5 heteroatoms.